The lowest BCUT2D eigenvalue weighted by molar-refractivity contribution is -0.126. The van der Waals surface area contributed by atoms with Crippen LogP contribution in [0.4, 0.5) is 0 Å². The number of H-pyrrole nitrogens is 1. The molecular weight excluding hydrogens is 250 g/mol. The van der Waals surface area contributed by atoms with Gasteiger partial charge in [-0.1, -0.05) is 26.2 Å². The molecule has 1 aliphatic carbocycles. The van der Waals surface area contributed by atoms with Crippen molar-refractivity contribution >= 4 is 5.91 Å². The molecular formula is C16H27N3O. The molecule has 0 saturated heterocycles. The summed E-state index contributed by atoms with van der Waals surface area (Å²) in [5, 5.41) is 9.82. The quantitative estimate of drug-likeness (QED) is 0.835. The number of hydrogen-bond acceptors (Lipinski definition) is 2. The number of aromatic amines is 1. The molecule has 112 valence electrons. The lowest BCUT2D eigenvalue weighted by Gasteiger charge is -2.28. The largest absolute Gasteiger partial charge is 0.349 e. The van der Waals surface area contributed by atoms with Gasteiger partial charge in [-0.25, -0.2) is 0 Å². The van der Waals surface area contributed by atoms with Crippen LogP contribution in [0.15, 0.2) is 12.4 Å². The molecule has 1 aromatic heterocycles. The molecule has 1 fully saturated rings. The Morgan fingerprint density at radius 2 is 2.20 bits per heavy atom. The Morgan fingerprint density at radius 3 is 2.80 bits per heavy atom. The molecule has 4 heteroatoms. The van der Waals surface area contributed by atoms with Gasteiger partial charge in [-0.2, -0.15) is 5.10 Å². The molecule has 1 aromatic rings. The summed E-state index contributed by atoms with van der Waals surface area (Å²) in [5.41, 5.74) is 1.04. The summed E-state index contributed by atoms with van der Waals surface area (Å²) >= 11 is 0. The summed E-state index contributed by atoms with van der Waals surface area (Å²) < 4.78 is 0. The number of carbonyl (C=O) groups excluding carboxylic acids is 1. The topological polar surface area (TPSA) is 57.8 Å². The van der Waals surface area contributed by atoms with E-state index >= 15 is 0 Å². The average Bonchev–Trinajstić information content (AvgIpc) is 3.00. The fraction of sp³-hybridized carbons (Fsp3) is 0.750. The first-order chi connectivity index (χ1) is 9.70. The third-order valence-electron chi connectivity index (χ3n) is 4.56. The molecule has 0 spiro atoms. The Bertz CT molecular complexity index is 394. The summed E-state index contributed by atoms with van der Waals surface area (Å²) in [5.74, 6) is 1.28. The third-order valence-corrected chi connectivity index (χ3v) is 4.56. The molecule has 2 N–H and O–H groups in total. The van der Waals surface area contributed by atoms with Gasteiger partial charge in [-0.3, -0.25) is 9.89 Å². The van der Waals surface area contributed by atoms with Crippen LogP contribution in [0.25, 0.3) is 0 Å². The van der Waals surface area contributed by atoms with Gasteiger partial charge in [0, 0.05) is 17.7 Å². The fourth-order valence-electron chi connectivity index (χ4n) is 3.12. The minimum Gasteiger partial charge on any atom is -0.349 e. The second-order valence-electron chi connectivity index (χ2n) is 6.12. The predicted octanol–water partition coefficient (Wildman–Crippen LogP) is 3.58. The van der Waals surface area contributed by atoms with E-state index in [1.807, 2.05) is 13.1 Å². The number of nitrogens with zero attached hydrogens (tertiary/aromatic N) is 1. The molecule has 1 aliphatic rings. The molecule has 1 unspecified atom stereocenters. The zero-order valence-electron chi connectivity index (χ0n) is 12.7. The van der Waals surface area contributed by atoms with Crippen LogP contribution >= 0.6 is 0 Å². The van der Waals surface area contributed by atoms with E-state index < -0.39 is 0 Å². The number of aromatic nitrogens is 2. The highest BCUT2D eigenvalue weighted by Crippen LogP contribution is 2.32. The molecule has 4 nitrogen and oxygen atoms in total. The minimum atomic E-state index is 0.0408. The van der Waals surface area contributed by atoms with Crippen molar-refractivity contribution < 1.29 is 4.79 Å². The van der Waals surface area contributed by atoms with E-state index in [-0.39, 0.29) is 17.9 Å². The van der Waals surface area contributed by atoms with E-state index in [9.17, 15) is 4.79 Å². The van der Waals surface area contributed by atoms with Crippen LogP contribution in [0.2, 0.25) is 0 Å². The van der Waals surface area contributed by atoms with E-state index in [4.69, 9.17) is 0 Å². The van der Waals surface area contributed by atoms with Crippen molar-refractivity contribution in [2.24, 2.45) is 11.8 Å². The molecule has 2 rings (SSSR count). The summed E-state index contributed by atoms with van der Waals surface area (Å²) in [6.07, 6.45) is 12.1. The van der Waals surface area contributed by atoms with Gasteiger partial charge in [-0.15, -0.1) is 0 Å². The van der Waals surface area contributed by atoms with E-state index in [0.29, 0.717) is 0 Å². The SMILES string of the molecule is CCCCC1CCC(C(=O)NC(C)c2cn[nH]c2)CC1. The number of hydrogen-bond donors (Lipinski definition) is 2. The molecule has 0 radical (unpaired) electrons. The molecule has 1 amide bonds. The Hall–Kier alpha value is -1.32. The smallest absolute Gasteiger partial charge is 0.223 e. The van der Waals surface area contributed by atoms with Gasteiger partial charge < -0.3 is 5.32 Å². The van der Waals surface area contributed by atoms with Crippen LogP contribution in [-0.2, 0) is 4.79 Å². The lowest BCUT2D eigenvalue weighted by Crippen LogP contribution is -2.34. The average molecular weight is 277 g/mol. The van der Waals surface area contributed by atoms with Crippen molar-refractivity contribution in [3.05, 3.63) is 18.0 Å². The van der Waals surface area contributed by atoms with Crippen molar-refractivity contribution in [3.8, 4) is 0 Å². The number of rotatable bonds is 6. The summed E-state index contributed by atoms with van der Waals surface area (Å²) in [7, 11) is 0. The molecule has 20 heavy (non-hydrogen) atoms. The standard InChI is InChI=1S/C16H27N3O/c1-3-4-5-13-6-8-14(9-7-13)16(20)19-12(2)15-10-17-18-11-15/h10-14H,3-9H2,1-2H3,(H,17,18)(H,19,20). The van der Waals surface area contributed by atoms with Crippen LogP contribution in [0, 0.1) is 11.8 Å². The first kappa shape index (κ1) is 15.1. The predicted molar refractivity (Wildman–Crippen MR) is 80.1 cm³/mol. The van der Waals surface area contributed by atoms with Crippen molar-refractivity contribution in [3.63, 3.8) is 0 Å². The Kier molecular flexibility index (Phi) is 5.62. The van der Waals surface area contributed by atoms with E-state index in [0.717, 1.165) is 24.3 Å². The molecule has 1 atom stereocenters. The first-order valence-corrected chi connectivity index (χ1v) is 7.99. The maximum atomic E-state index is 12.3. The van der Waals surface area contributed by atoms with Crippen molar-refractivity contribution in [1.29, 1.82) is 0 Å². The first-order valence-electron chi connectivity index (χ1n) is 7.99. The van der Waals surface area contributed by atoms with Gasteiger partial charge in [0.25, 0.3) is 0 Å². The zero-order valence-corrected chi connectivity index (χ0v) is 12.7. The van der Waals surface area contributed by atoms with E-state index in [1.54, 1.807) is 6.20 Å². The molecule has 1 saturated carbocycles. The summed E-state index contributed by atoms with van der Waals surface area (Å²) in [4.78, 5) is 12.3. The van der Waals surface area contributed by atoms with Crippen LogP contribution in [0.3, 0.4) is 0 Å². The Morgan fingerprint density at radius 1 is 1.45 bits per heavy atom. The summed E-state index contributed by atoms with van der Waals surface area (Å²) in [6.45, 7) is 4.26. The van der Waals surface area contributed by atoms with Gasteiger partial charge in [0.1, 0.15) is 0 Å². The maximum absolute atomic E-state index is 12.3. The van der Waals surface area contributed by atoms with Crippen LogP contribution in [0.1, 0.15) is 70.4 Å². The highest BCUT2D eigenvalue weighted by atomic mass is 16.1. The molecule has 0 aliphatic heterocycles. The molecule has 0 bridgehead atoms. The lowest BCUT2D eigenvalue weighted by atomic mass is 9.79. The van der Waals surface area contributed by atoms with Gasteiger partial charge in [0.15, 0.2) is 0 Å². The second-order valence-corrected chi connectivity index (χ2v) is 6.12. The number of unbranched alkanes of at least 4 members (excludes halogenated alkanes) is 1. The van der Waals surface area contributed by atoms with Gasteiger partial charge in [-0.05, 0) is 38.5 Å². The van der Waals surface area contributed by atoms with Crippen LogP contribution < -0.4 is 5.32 Å². The Balaban J connectivity index is 1.74. The molecule has 1 heterocycles. The minimum absolute atomic E-state index is 0.0408. The van der Waals surface area contributed by atoms with Crippen molar-refractivity contribution in [1.82, 2.24) is 15.5 Å². The Labute approximate surface area is 121 Å². The third kappa shape index (κ3) is 4.09. The zero-order chi connectivity index (χ0) is 14.4. The highest BCUT2D eigenvalue weighted by molar-refractivity contribution is 5.79. The highest BCUT2D eigenvalue weighted by Gasteiger charge is 2.26. The number of carbonyl (C=O) groups is 1. The van der Waals surface area contributed by atoms with Crippen LogP contribution in [-0.4, -0.2) is 16.1 Å². The van der Waals surface area contributed by atoms with Crippen LogP contribution in [0.5, 0.6) is 0 Å². The monoisotopic (exact) mass is 277 g/mol. The molecule has 0 aromatic carbocycles. The van der Waals surface area contributed by atoms with Gasteiger partial charge >= 0.3 is 0 Å². The number of amides is 1. The fourth-order valence-corrected chi connectivity index (χ4v) is 3.12. The second kappa shape index (κ2) is 7.46. The maximum Gasteiger partial charge on any atom is 0.223 e. The summed E-state index contributed by atoms with van der Waals surface area (Å²) in [6, 6.07) is 0.0408. The van der Waals surface area contributed by atoms with E-state index in [2.05, 4.69) is 22.4 Å². The van der Waals surface area contributed by atoms with Crippen molar-refractivity contribution in [2.75, 3.05) is 0 Å². The van der Waals surface area contributed by atoms with Gasteiger partial charge in [0.2, 0.25) is 5.91 Å². The van der Waals surface area contributed by atoms with Crippen molar-refractivity contribution in [2.45, 2.75) is 64.8 Å². The number of nitrogens with one attached hydrogen (secondary N) is 2. The van der Waals surface area contributed by atoms with Gasteiger partial charge in [0.05, 0.1) is 12.2 Å². The van der Waals surface area contributed by atoms with E-state index in [1.165, 1.54) is 32.1 Å². The normalized spacial score (nSPS) is 24.3.